The molecular formula is C26H33N3O2. The summed E-state index contributed by atoms with van der Waals surface area (Å²) in [6, 6.07) is 16.7. The van der Waals surface area contributed by atoms with E-state index in [0.29, 0.717) is 5.92 Å². The van der Waals surface area contributed by atoms with Gasteiger partial charge in [-0.3, -0.25) is 9.59 Å². The molecule has 0 N–H and O–H groups in total. The van der Waals surface area contributed by atoms with E-state index in [2.05, 4.69) is 48.2 Å². The molecule has 0 saturated carbocycles. The lowest BCUT2D eigenvalue weighted by Crippen LogP contribution is -2.48. The molecule has 0 atom stereocenters. The molecule has 2 saturated heterocycles. The highest BCUT2D eigenvalue weighted by Crippen LogP contribution is 2.23. The second-order valence-electron chi connectivity index (χ2n) is 8.97. The van der Waals surface area contributed by atoms with Crippen LogP contribution in [0.15, 0.2) is 48.5 Å². The molecule has 2 fully saturated rings. The molecule has 0 aliphatic carbocycles. The number of piperidine rings is 1. The number of anilines is 1. The fraction of sp³-hybridized carbons (Fsp3) is 0.462. The molecule has 2 amide bonds. The fourth-order valence-electron chi connectivity index (χ4n) is 4.74. The molecule has 2 heterocycles. The van der Waals surface area contributed by atoms with Crippen LogP contribution in [0.2, 0.25) is 0 Å². The van der Waals surface area contributed by atoms with Crippen LogP contribution in [0.3, 0.4) is 0 Å². The van der Waals surface area contributed by atoms with Crippen molar-refractivity contribution < 1.29 is 9.59 Å². The Morgan fingerprint density at radius 1 is 0.871 bits per heavy atom. The van der Waals surface area contributed by atoms with Gasteiger partial charge in [-0.15, -0.1) is 0 Å². The summed E-state index contributed by atoms with van der Waals surface area (Å²) < 4.78 is 0. The van der Waals surface area contributed by atoms with E-state index in [-0.39, 0.29) is 11.8 Å². The van der Waals surface area contributed by atoms with Crippen LogP contribution >= 0.6 is 0 Å². The van der Waals surface area contributed by atoms with Crippen LogP contribution in [0.5, 0.6) is 0 Å². The summed E-state index contributed by atoms with van der Waals surface area (Å²) in [5.41, 5.74) is 4.56. The van der Waals surface area contributed by atoms with Gasteiger partial charge in [0.15, 0.2) is 0 Å². The molecule has 5 heteroatoms. The maximum Gasteiger partial charge on any atom is 0.253 e. The van der Waals surface area contributed by atoms with Gasteiger partial charge in [0, 0.05) is 57.4 Å². The largest absolute Gasteiger partial charge is 0.368 e. The monoisotopic (exact) mass is 419 g/mol. The van der Waals surface area contributed by atoms with E-state index in [0.717, 1.165) is 64.1 Å². The van der Waals surface area contributed by atoms with Crippen LogP contribution < -0.4 is 4.90 Å². The number of rotatable bonds is 4. The van der Waals surface area contributed by atoms with Gasteiger partial charge in [0.25, 0.3) is 5.91 Å². The second-order valence-corrected chi connectivity index (χ2v) is 8.97. The third kappa shape index (κ3) is 5.27. The van der Waals surface area contributed by atoms with Crippen molar-refractivity contribution in [1.82, 2.24) is 9.80 Å². The Balaban J connectivity index is 1.28. The summed E-state index contributed by atoms with van der Waals surface area (Å²) in [5, 5.41) is 0. The molecule has 0 aromatic heterocycles. The Morgan fingerprint density at radius 2 is 1.55 bits per heavy atom. The lowest BCUT2D eigenvalue weighted by Gasteiger charge is -2.36. The Hall–Kier alpha value is -2.82. The van der Waals surface area contributed by atoms with E-state index in [4.69, 9.17) is 0 Å². The number of hydrogen-bond donors (Lipinski definition) is 0. The quantitative estimate of drug-likeness (QED) is 0.758. The van der Waals surface area contributed by atoms with Gasteiger partial charge in [-0.2, -0.15) is 0 Å². The van der Waals surface area contributed by atoms with Crippen LogP contribution in [0.25, 0.3) is 0 Å². The maximum absolute atomic E-state index is 13.0. The van der Waals surface area contributed by atoms with E-state index < -0.39 is 0 Å². The second kappa shape index (κ2) is 9.54. The zero-order valence-electron chi connectivity index (χ0n) is 18.7. The Labute approximate surface area is 185 Å². The zero-order valence-corrected chi connectivity index (χ0v) is 18.7. The molecule has 0 bridgehead atoms. The molecule has 5 nitrogen and oxygen atoms in total. The summed E-state index contributed by atoms with van der Waals surface area (Å²) in [7, 11) is 0. The summed E-state index contributed by atoms with van der Waals surface area (Å²) in [4.78, 5) is 30.7. The van der Waals surface area contributed by atoms with Gasteiger partial charge < -0.3 is 14.7 Å². The topological polar surface area (TPSA) is 43.9 Å². The van der Waals surface area contributed by atoms with Gasteiger partial charge in [0.1, 0.15) is 0 Å². The van der Waals surface area contributed by atoms with Crippen molar-refractivity contribution in [3.8, 4) is 0 Å². The van der Waals surface area contributed by atoms with E-state index in [1.807, 2.05) is 21.9 Å². The minimum absolute atomic E-state index is 0.130. The number of hydrogen-bond acceptors (Lipinski definition) is 3. The Morgan fingerprint density at radius 3 is 2.16 bits per heavy atom. The first-order valence-corrected chi connectivity index (χ1v) is 11.4. The summed E-state index contributed by atoms with van der Waals surface area (Å²) in [6.07, 6.45) is 3.15. The molecule has 2 aliphatic rings. The summed E-state index contributed by atoms with van der Waals surface area (Å²) in [5.74, 6) is 0.929. The molecule has 2 aliphatic heterocycles. The highest BCUT2D eigenvalue weighted by molar-refractivity contribution is 5.94. The fourth-order valence-corrected chi connectivity index (χ4v) is 4.74. The van der Waals surface area contributed by atoms with Crippen LogP contribution in [-0.4, -0.2) is 60.9 Å². The van der Waals surface area contributed by atoms with Crippen LogP contribution in [0.1, 0.15) is 41.3 Å². The van der Waals surface area contributed by atoms with Crippen molar-refractivity contribution in [3.63, 3.8) is 0 Å². The molecule has 2 aromatic rings. The Bertz CT molecular complexity index is 909. The number of amides is 2. The van der Waals surface area contributed by atoms with Crippen molar-refractivity contribution >= 4 is 17.5 Å². The van der Waals surface area contributed by atoms with Gasteiger partial charge in [-0.05, 0) is 67.5 Å². The molecular weight excluding hydrogens is 386 g/mol. The summed E-state index contributed by atoms with van der Waals surface area (Å²) >= 11 is 0. The number of piperazine rings is 1. The minimum atomic E-state index is 0.130. The predicted molar refractivity (Wildman–Crippen MR) is 124 cm³/mol. The third-order valence-electron chi connectivity index (χ3n) is 6.72. The number of benzene rings is 2. The van der Waals surface area contributed by atoms with E-state index in [1.54, 1.807) is 6.92 Å². The van der Waals surface area contributed by atoms with Gasteiger partial charge in [0.05, 0.1) is 0 Å². The SMILES string of the molecule is CC(=O)N1CCC(Cc2ccc(C(=O)N3CCN(c4cccc(C)c4)CC3)cc2)CC1. The van der Waals surface area contributed by atoms with Crippen molar-refractivity contribution in [2.45, 2.75) is 33.1 Å². The van der Waals surface area contributed by atoms with Crippen LogP contribution in [0, 0.1) is 12.8 Å². The average molecular weight is 420 g/mol. The van der Waals surface area contributed by atoms with Gasteiger partial charge in [-0.25, -0.2) is 0 Å². The van der Waals surface area contributed by atoms with E-state index >= 15 is 0 Å². The molecule has 4 rings (SSSR count). The minimum Gasteiger partial charge on any atom is -0.368 e. The normalized spacial score (nSPS) is 17.7. The molecule has 2 aromatic carbocycles. The van der Waals surface area contributed by atoms with Gasteiger partial charge in [-0.1, -0.05) is 24.3 Å². The van der Waals surface area contributed by atoms with Crippen molar-refractivity contribution in [3.05, 3.63) is 65.2 Å². The molecule has 164 valence electrons. The first-order chi connectivity index (χ1) is 15.0. The lowest BCUT2D eigenvalue weighted by atomic mass is 9.90. The van der Waals surface area contributed by atoms with Gasteiger partial charge in [0.2, 0.25) is 5.91 Å². The zero-order chi connectivity index (χ0) is 21.8. The standard InChI is InChI=1S/C26H33N3O2/c1-20-4-3-5-25(18-20)28-14-16-29(17-15-28)26(31)24-8-6-22(7-9-24)19-23-10-12-27(13-11-23)21(2)30/h3-9,18,23H,10-17,19H2,1-2H3. The van der Waals surface area contributed by atoms with Crippen molar-refractivity contribution in [1.29, 1.82) is 0 Å². The maximum atomic E-state index is 13.0. The number of likely N-dealkylation sites (tertiary alicyclic amines) is 1. The first kappa shape index (κ1) is 21.4. The number of aryl methyl sites for hydroxylation is 1. The highest BCUT2D eigenvalue weighted by atomic mass is 16.2. The molecule has 0 unspecified atom stereocenters. The number of nitrogens with zero attached hydrogens (tertiary/aromatic N) is 3. The lowest BCUT2D eigenvalue weighted by molar-refractivity contribution is -0.130. The van der Waals surface area contributed by atoms with Crippen molar-refractivity contribution in [2.75, 3.05) is 44.2 Å². The molecule has 31 heavy (non-hydrogen) atoms. The van der Waals surface area contributed by atoms with Gasteiger partial charge >= 0.3 is 0 Å². The third-order valence-corrected chi connectivity index (χ3v) is 6.72. The van der Waals surface area contributed by atoms with E-state index in [9.17, 15) is 9.59 Å². The van der Waals surface area contributed by atoms with Crippen molar-refractivity contribution in [2.24, 2.45) is 5.92 Å². The first-order valence-electron chi connectivity index (χ1n) is 11.4. The number of carbonyl (C=O) groups is 2. The smallest absolute Gasteiger partial charge is 0.253 e. The van der Waals surface area contributed by atoms with Crippen LogP contribution in [0.4, 0.5) is 5.69 Å². The highest BCUT2D eigenvalue weighted by Gasteiger charge is 2.23. The molecule has 0 spiro atoms. The molecule has 0 radical (unpaired) electrons. The predicted octanol–water partition coefficient (Wildman–Crippen LogP) is 3.76. The summed E-state index contributed by atoms with van der Waals surface area (Å²) in [6.45, 7) is 8.74. The number of carbonyl (C=O) groups excluding carboxylic acids is 2. The average Bonchev–Trinajstić information content (AvgIpc) is 2.80. The Kier molecular flexibility index (Phi) is 6.59. The van der Waals surface area contributed by atoms with E-state index in [1.165, 1.54) is 16.8 Å². The van der Waals surface area contributed by atoms with Crippen LogP contribution in [-0.2, 0) is 11.2 Å².